The van der Waals surface area contributed by atoms with Gasteiger partial charge in [-0.25, -0.2) is 4.79 Å². The Morgan fingerprint density at radius 3 is 2.45 bits per heavy atom. The fourth-order valence-electron chi connectivity index (χ4n) is 2.54. The topological polar surface area (TPSA) is 65.1 Å². The number of nitrogens with zero attached hydrogens (tertiary/aromatic N) is 1. The molecular weight excluding hydrogens is 286 g/mol. The van der Waals surface area contributed by atoms with Crippen LogP contribution >= 0.6 is 0 Å². The number of hydrogen-bond donors (Lipinski definition) is 0. The Kier molecular flexibility index (Phi) is 5.84. The molecule has 1 fully saturated rings. The van der Waals surface area contributed by atoms with E-state index >= 15 is 0 Å². The maximum Gasteiger partial charge on any atom is 0.412 e. The van der Waals surface area contributed by atoms with Gasteiger partial charge in [0.15, 0.2) is 0 Å². The van der Waals surface area contributed by atoms with Crippen LogP contribution < -0.4 is 0 Å². The minimum atomic E-state index is -0.754. The molecule has 6 nitrogen and oxygen atoms in total. The van der Waals surface area contributed by atoms with Crippen molar-refractivity contribution in [1.82, 2.24) is 4.90 Å². The van der Waals surface area contributed by atoms with Gasteiger partial charge in [-0.2, -0.15) is 0 Å². The molecule has 0 bridgehead atoms. The van der Waals surface area contributed by atoms with E-state index in [1.807, 2.05) is 41.5 Å². The molecule has 1 aliphatic rings. The predicted octanol–water partition coefficient (Wildman–Crippen LogP) is 2.95. The highest BCUT2D eigenvalue weighted by Gasteiger charge is 2.47. The van der Waals surface area contributed by atoms with Gasteiger partial charge in [0.2, 0.25) is 0 Å². The first-order valence-corrected chi connectivity index (χ1v) is 7.80. The number of ether oxygens (including phenoxy) is 3. The van der Waals surface area contributed by atoms with Gasteiger partial charge in [0.05, 0.1) is 25.7 Å². The van der Waals surface area contributed by atoms with Crippen molar-refractivity contribution in [2.75, 3.05) is 13.2 Å². The van der Waals surface area contributed by atoms with Gasteiger partial charge in [-0.3, -0.25) is 9.69 Å². The lowest BCUT2D eigenvalue weighted by Crippen LogP contribution is -2.51. The van der Waals surface area contributed by atoms with E-state index in [1.54, 1.807) is 11.8 Å². The summed E-state index contributed by atoms with van der Waals surface area (Å²) in [5, 5.41) is 0. The van der Waals surface area contributed by atoms with Gasteiger partial charge in [-0.1, -0.05) is 6.92 Å². The highest BCUT2D eigenvalue weighted by atomic mass is 16.6. The van der Waals surface area contributed by atoms with Crippen LogP contribution in [0, 0.1) is 5.92 Å². The third-order valence-corrected chi connectivity index (χ3v) is 3.56. The summed E-state index contributed by atoms with van der Waals surface area (Å²) < 4.78 is 16.2. The molecule has 1 amide bonds. The first-order valence-electron chi connectivity index (χ1n) is 7.80. The van der Waals surface area contributed by atoms with Gasteiger partial charge < -0.3 is 14.2 Å². The summed E-state index contributed by atoms with van der Waals surface area (Å²) in [6.45, 7) is 13.6. The molecule has 1 saturated heterocycles. The van der Waals surface area contributed by atoms with E-state index < -0.39 is 17.4 Å². The van der Waals surface area contributed by atoms with E-state index in [-0.39, 0.29) is 24.3 Å². The van der Waals surface area contributed by atoms with Gasteiger partial charge in [-0.15, -0.1) is 0 Å². The van der Waals surface area contributed by atoms with Crippen LogP contribution in [-0.2, 0) is 19.0 Å². The molecule has 0 aromatic rings. The lowest BCUT2D eigenvalue weighted by molar-refractivity contribution is -0.144. The summed E-state index contributed by atoms with van der Waals surface area (Å²) in [5.74, 6) is -0.336. The standard InChI is InChI=1S/C16H29NO5/c1-8-20-13(18)9-11(2)12-10-21-16(6,7)17(12)14(19)22-15(3,4)5/h11-12H,8-10H2,1-7H3/t11-,12+/m1/s1. The number of carbonyl (C=O) groups is 2. The molecule has 1 aliphatic heterocycles. The molecular formula is C16H29NO5. The molecule has 1 rings (SSSR count). The normalized spacial score (nSPS) is 22.3. The molecule has 128 valence electrons. The Morgan fingerprint density at radius 2 is 1.95 bits per heavy atom. The molecule has 1 heterocycles. The Morgan fingerprint density at radius 1 is 1.36 bits per heavy atom. The largest absolute Gasteiger partial charge is 0.466 e. The van der Waals surface area contributed by atoms with Crippen LogP contribution in [0.2, 0.25) is 0 Å². The summed E-state index contributed by atoms with van der Waals surface area (Å²) in [5.41, 5.74) is -1.33. The van der Waals surface area contributed by atoms with E-state index in [0.717, 1.165) is 0 Å². The van der Waals surface area contributed by atoms with Crippen LogP contribution in [0.4, 0.5) is 4.79 Å². The van der Waals surface area contributed by atoms with E-state index in [2.05, 4.69) is 0 Å². The van der Waals surface area contributed by atoms with Gasteiger partial charge in [0, 0.05) is 0 Å². The SMILES string of the molecule is CCOC(=O)C[C@@H](C)[C@@H]1COC(C)(C)N1C(=O)OC(C)(C)C. The van der Waals surface area contributed by atoms with Crippen molar-refractivity contribution < 1.29 is 23.8 Å². The second kappa shape index (κ2) is 6.86. The fourth-order valence-corrected chi connectivity index (χ4v) is 2.54. The van der Waals surface area contributed by atoms with E-state index in [0.29, 0.717) is 13.2 Å². The van der Waals surface area contributed by atoms with Gasteiger partial charge >= 0.3 is 12.1 Å². The summed E-state index contributed by atoms with van der Waals surface area (Å²) in [6, 6.07) is -0.214. The molecule has 0 unspecified atom stereocenters. The highest BCUT2D eigenvalue weighted by Crippen LogP contribution is 2.33. The molecule has 6 heteroatoms. The summed E-state index contributed by atoms with van der Waals surface area (Å²) in [7, 11) is 0. The fraction of sp³-hybridized carbons (Fsp3) is 0.875. The second-order valence-corrected chi connectivity index (χ2v) is 7.16. The Bertz CT molecular complexity index is 413. The van der Waals surface area contributed by atoms with E-state index in [4.69, 9.17) is 14.2 Å². The Balaban J connectivity index is 2.84. The zero-order chi connectivity index (χ0) is 17.1. The number of carbonyl (C=O) groups excluding carboxylic acids is 2. The van der Waals surface area contributed by atoms with Crippen LogP contribution in [0.3, 0.4) is 0 Å². The van der Waals surface area contributed by atoms with E-state index in [1.165, 1.54) is 0 Å². The summed E-state index contributed by atoms with van der Waals surface area (Å²) in [4.78, 5) is 25.8. The molecule has 0 saturated carbocycles. The van der Waals surface area contributed by atoms with Crippen molar-refractivity contribution >= 4 is 12.1 Å². The van der Waals surface area contributed by atoms with Crippen molar-refractivity contribution in [1.29, 1.82) is 0 Å². The van der Waals surface area contributed by atoms with Crippen LogP contribution in [0.1, 0.15) is 54.9 Å². The monoisotopic (exact) mass is 315 g/mol. The molecule has 0 aromatic carbocycles. The Labute approximate surface area is 133 Å². The Hall–Kier alpha value is -1.30. The molecule has 0 aromatic heterocycles. The third kappa shape index (κ3) is 4.87. The molecule has 0 radical (unpaired) electrons. The minimum absolute atomic E-state index is 0.0756. The zero-order valence-corrected chi connectivity index (χ0v) is 14.8. The third-order valence-electron chi connectivity index (χ3n) is 3.56. The van der Waals surface area contributed by atoms with Crippen molar-refractivity contribution in [2.45, 2.75) is 72.3 Å². The minimum Gasteiger partial charge on any atom is -0.466 e. The van der Waals surface area contributed by atoms with Crippen molar-refractivity contribution in [3.05, 3.63) is 0 Å². The van der Waals surface area contributed by atoms with Crippen LogP contribution in [0.5, 0.6) is 0 Å². The lowest BCUT2D eigenvalue weighted by atomic mass is 9.97. The summed E-state index contributed by atoms with van der Waals surface area (Å²) >= 11 is 0. The predicted molar refractivity (Wildman–Crippen MR) is 82.3 cm³/mol. The smallest absolute Gasteiger partial charge is 0.412 e. The molecule has 22 heavy (non-hydrogen) atoms. The highest BCUT2D eigenvalue weighted by molar-refractivity contribution is 5.71. The van der Waals surface area contributed by atoms with Crippen LogP contribution in [0.15, 0.2) is 0 Å². The van der Waals surface area contributed by atoms with Crippen molar-refractivity contribution in [3.63, 3.8) is 0 Å². The number of hydrogen-bond acceptors (Lipinski definition) is 5. The maximum atomic E-state index is 12.5. The lowest BCUT2D eigenvalue weighted by Gasteiger charge is -2.36. The van der Waals surface area contributed by atoms with Gasteiger partial charge in [0.1, 0.15) is 11.3 Å². The molecule has 2 atom stereocenters. The van der Waals surface area contributed by atoms with Crippen LogP contribution in [-0.4, -0.2) is 47.5 Å². The molecule has 0 spiro atoms. The van der Waals surface area contributed by atoms with Crippen LogP contribution in [0.25, 0.3) is 0 Å². The number of esters is 1. The number of rotatable bonds is 4. The molecule has 0 aliphatic carbocycles. The quantitative estimate of drug-likeness (QED) is 0.746. The first-order chi connectivity index (χ1) is 9.98. The number of amides is 1. The summed E-state index contributed by atoms with van der Waals surface area (Å²) in [6.07, 6.45) is -0.173. The second-order valence-electron chi connectivity index (χ2n) is 7.16. The molecule has 0 N–H and O–H groups in total. The average molecular weight is 315 g/mol. The van der Waals surface area contributed by atoms with Crippen molar-refractivity contribution in [2.24, 2.45) is 5.92 Å². The van der Waals surface area contributed by atoms with Gasteiger partial charge in [-0.05, 0) is 47.5 Å². The first kappa shape index (κ1) is 18.7. The van der Waals surface area contributed by atoms with Crippen molar-refractivity contribution in [3.8, 4) is 0 Å². The zero-order valence-electron chi connectivity index (χ0n) is 14.8. The van der Waals surface area contributed by atoms with Gasteiger partial charge in [0.25, 0.3) is 0 Å². The average Bonchev–Trinajstić information content (AvgIpc) is 2.62. The maximum absolute atomic E-state index is 12.5. The van der Waals surface area contributed by atoms with E-state index in [9.17, 15) is 9.59 Å².